The molecule has 1 aromatic heterocycles. The topological polar surface area (TPSA) is 139 Å². The smallest absolute Gasteiger partial charge is 0.330 e. The van der Waals surface area contributed by atoms with E-state index in [4.69, 9.17) is 15.0 Å². The number of nitrogens with one attached hydrogen (secondary N) is 1. The van der Waals surface area contributed by atoms with Gasteiger partial charge in [-0.3, -0.25) is 19.1 Å². The molecular weight excluding hydrogens is 342 g/mol. The number of H-pyrrole nitrogens is 1. The van der Waals surface area contributed by atoms with E-state index in [0.29, 0.717) is 12.0 Å². The minimum Gasteiger partial charge on any atom is -0.463 e. The molecular formula is C16H23N5O5. The number of ether oxygens (including phenoxy) is 2. The third kappa shape index (κ3) is 4.96. The lowest BCUT2D eigenvalue weighted by Gasteiger charge is -2.16. The molecule has 26 heavy (non-hydrogen) atoms. The summed E-state index contributed by atoms with van der Waals surface area (Å²) in [7, 11) is 0. The lowest BCUT2D eigenvalue weighted by atomic mass is 10.1. The molecule has 1 fully saturated rings. The van der Waals surface area contributed by atoms with Crippen LogP contribution in [0.2, 0.25) is 0 Å². The van der Waals surface area contributed by atoms with Crippen molar-refractivity contribution in [2.45, 2.75) is 64.3 Å². The monoisotopic (exact) mass is 365 g/mol. The highest BCUT2D eigenvalue weighted by Gasteiger charge is 2.37. The van der Waals surface area contributed by atoms with Gasteiger partial charge in [-0.2, -0.15) is 0 Å². The summed E-state index contributed by atoms with van der Waals surface area (Å²) >= 11 is 0. The Morgan fingerprint density at radius 3 is 2.96 bits per heavy atom. The van der Waals surface area contributed by atoms with Crippen LogP contribution < -0.4 is 11.2 Å². The van der Waals surface area contributed by atoms with Crippen molar-refractivity contribution in [3.63, 3.8) is 0 Å². The molecule has 0 aliphatic carbocycles. The van der Waals surface area contributed by atoms with E-state index >= 15 is 0 Å². The molecule has 1 aliphatic rings. The number of aryl methyl sites for hydroxylation is 1. The number of aromatic nitrogens is 2. The van der Waals surface area contributed by atoms with E-state index in [2.05, 4.69) is 15.0 Å². The van der Waals surface area contributed by atoms with Gasteiger partial charge in [-0.25, -0.2) is 4.79 Å². The summed E-state index contributed by atoms with van der Waals surface area (Å²) in [6.45, 7) is 3.56. The molecule has 0 amide bonds. The van der Waals surface area contributed by atoms with Crippen LogP contribution in [0, 0.1) is 6.92 Å². The standard InChI is InChI=1S/C16H23N5O5/c1-3-4-5-6-14(22)25-9-12-11(19-20-17)7-13(26-12)21-8-10(2)15(23)18-16(21)24/h8,11-13H,3-7,9H2,1-2H3,(H,18,23,24)/t11-,12+,13+/m0/s1. The number of aromatic amines is 1. The fourth-order valence-corrected chi connectivity index (χ4v) is 2.79. The third-order valence-electron chi connectivity index (χ3n) is 4.25. The maximum absolute atomic E-state index is 12.0. The molecule has 1 N–H and O–H groups in total. The summed E-state index contributed by atoms with van der Waals surface area (Å²) in [6, 6.07) is -0.576. The molecule has 10 heteroatoms. The van der Waals surface area contributed by atoms with Crippen molar-refractivity contribution >= 4 is 5.97 Å². The maximum atomic E-state index is 12.0. The molecule has 2 heterocycles. The van der Waals surface area contributed by atoms with Crippen LogP contribution in [0.5, 0.6) is 0 Å². The molecule has 2 rings (SSSR count). The van der Waals surface area contributed by atoms with E-state index in [0.717, 1.165) is 19.3 Å². The fourth-order valence-electron chi connectivity index (χ4n) is 2.79. The van der Waals surface area contributed by atoms with Gasteiger partial charge in [0.1, 0.15) is 18.9 Å². The average Bonchev–Trinajstić information content (AvgIpc) is 2.99. The zero-order valence-corrected chi connectivity index (χ0v) is 14.9. The van der Waals surface area contributed by atoms with Crippen LogP contribution in [0.1, 0.15) is 50.8 Å². The van der Waals surface area contributed by atoms with E-state index in [1.54, 1.807) is 6.92 Å². The minimum absolute atomic E-state index is 0.0533. The molecule has 0 spiro atoms. The van der Waals surface area contributed by atoms with Crippen LogP contribution in [0.3, 0.4) is 0 Å². The first-order valence-corrected chi connectivity index (χ1v) is 8.63. The Morgan fingerprint density at radius 1 is 1.50 bits per heavy atom. The Bertz CT molecular complexity index is 795. The van der Waals surface area contributed by atoms with Crippen LogP contribution in [0.4, 0.5) is 0 Å². The number of unbranched alkanes of at least 4 members (excludes halogenated alkanes) is 2. The predicted molar refractivity (Wildman–Crippen MR) is 92.6 cm³/mol. The van der Waals surface area contributed by atoms with Gasteiger partial charge in [0.15, 0.2) is 0 Å². The Kier molecular flexibility index (Phi) is 6.99. The molecule has 3 atom stereocenters. The van der Waals surface area contributed by atoms with Gasteiger partial charge < -0.3 is 9.47 Å². The van der Waals surface area contributed by atoms with E-state index < -0.39 is 29.6 Å². The second-order valence-corrected chi connectivity index (χ2v) is 6.26. The largest absolute Gasteiger partial charge is 0.463 e. The summed E-state index contributed by atoms with van der Waals surface area (Å²) in [5, 5.41) is 3.68. The zero-order valence-electron chi connectivity index (χ0n) is 14.9. The average molecular weight is 365 g/mol. The molecule has 1 aromatic rings. The van der Waals surface area contributed by atoms with Gasteiger partial charge in [0.25, 0.3) is 5.56 Å². The van der Waals surface area contributed by atoms with E-state index in [9.17, 15) is 14.4 Å². The molecule has 0 saturated carbocycles. The number of hydrogen-bond donors (Lipinski definition) is 1. The van der Waals surface area contributed by atoms with Gasteiger partial charge in [0.2, 0.25) is 0 Å². The normalized spacial score (nSPS) is 22.0. The highest BCUT2D eigenvalue weighted by Crippen LogP contribution is 2.30. The zero-order chi connectivity index (χ0) is 19.1. The number of rotatable bonds is 8. The summed E-state index contributed by atoms with van der Waals surface area (Å²) in [6.07, 6.45) is 3.33. The van der Waals surface area contributed by atoms with Gasteiger partial charge in [-0.1, -0.05) is 24.9 Å². The summed E-state index contributed by atoms with van der Waals surface area (Å²) in [5.41, 5.74) is 8.02. The Morgan fingerprint density at radius 2 is 2.27 bits per heavy atom. The molecule has 142 valence electrons. The minimum atomic E-state index is -0.711. The number of carbonyl (C=O) groups is 1. The predicted octanol–water partition coefficient (Wildman–Crippen LogP) is 1.93. The molecule has 0 radical (unpaired) electrons. The second-order valence-electron chi connectivity index (χ2n) is 6.26. The van der Waals surface area contributed by atoms with Crippen LogP contribution in [-0.2, 0) is 14.3 Å². The SMILES string of the molecule is CCCCCC(=O)OC[C@H]1O[C@@H](n2cc(C)c(=O)[nH]c2=O)C[C@@H]1N=[N+]=[N-]. The fraction of sp³-hybridized carbons (Fsp3) is 0.688. The van der Waals surface area contributed by atoms with Gasteiger partial charge in [0.05, 0.1) is 6.04 Å². The molecule has 1 aliphatic heterocycles. The first-order chi connectivity index (χ1) is 12.5. The van der Waals surface area contributed by atoms with Crippen molar-refractivity contribution in [1.82, 2.24) is 9.55 Å². The van der Waals surface area contributed by atoms with E-state index in [-0.39, 0.29) is 19.0 Å². The maximum Gasteiger partial charge on any atom is 0.330 e. The first kappa shape index (κ1) is 19.7. The van der Waals surface area contributed by atoms with Gasteiger partial charge >= 0.3 is 11.7 Å². The highest BCUT2D eigenvalue weighted by atomic mass is 16.6. The molecule has 0 aromatic carbocycles. The molecule has 0 bridgehead atoms. The second kappa shape index (κ2) is 9.21. The first-order valence-electron chi connectivity index (χ1n) is 8.63. The number of nitrogens with zero attached hydrogens (tertiary/aromatic N) is 4. The summed E-state index contributed by atoms with van der Waals surface area (Å²) in [5.74, 6) is -0.331. The highest BCUT2D eigenvalue weighted by molar-refractivity contribution is 5.69. The Balaban J connectivity index is 2.05. The number of hydrogen-bond acceptors (Lipinski definition) is 6. The number of carbonyl (C=O) groups excluding carboxylic acids is 1. The van der Waals surface area contributed by atoms with Crippen molar-refractivity contribution in [2.24, 2.45) is 5.11 Å². The Labute approximate surface area is 149 Å². The lowest BCUT2D eigenvalue weighted by molar-refractivity contribution is -0.148. The third-order valence-corrected chi connectivity index (χ3v) is 4.25. The van der Waals surface area contributed by atoms with Crippen LogP contribution in [0.25, 0.3) is 10.4 Å². The van der Waals surface area contributed by atoms with Crippen LogP contribution in [-0.4, -0.2) is 34.3 Å². The molecule has 1 saturated heterocycles. The molecule has 10 nitrogen and oxygen atoms in total. The van der Waals surface area contributed by atoms with Crippen LogP contribution >= 0.6 is 0 Å². The van der Waals surface area contributed by atoms with Gasteiger partial charge in [-0.05, 0) is 18.9 Å². The van der Waals surface area contributed by atoms with Gasteiger partial charge in [0, 0.05) is 29.5 Å². The van der Waals surface area contributed by atoms with Gasteiger partial charge in [-0.15, -0.1) is 0 Å². The van der Waals surface area contributed by atoms with Crippen molar-refractivity contribution in [2.75, 3.05) is 6.61 Å². The van der Waals surface area contributed by atoms with E-state index in [1.807, 2.05) is 6.92 Å². The van der Waals surface area contributed by atoms with Crippen molar-refractivity contribution in [3.05, 3.63) is 43.0 Å². The van der Waals surface area contributed by atoms with Crippen molar-refractivity contribution in [3.8, 4) is 0 Å². The summed E-state index contributed by atoms with van der Waals surface area (Å²) < 4.78 is 12.2. The quantitative estimate of drug-likeness (QED) is 0.246. The number of esters is 1. The lowest BCUT2D eigenvalue weighted by Crippen LogP contribution is -2.33. The van der Waals surface area contributed by atoms with E-state index in [1.165, 1.54) is 10.8 Å². The summed E-state index contributed by atoms with van der Waals surface area (Å²) in [4.78, 5) is 40.2. The van der Waals surface area contributed by atoms with Crippen molar-refractivity contribution in [1.29, 1.82) is 0 Å². The van der Waals surface area contributed by atoms with Crippen molar-refractivity contribution < 1.29 is 14.3 Å². The number of azide groups is 1. The molecule has 0 unspecified atom stereocenters. The van der Waals surface area contributed by atoms with Crippen LogP contribution in [0.15, 0.2) is 20.9 Å². The Hall–Kier alpha value is -2.58.